The lowest BCUT2D eigenvalue weighted by Gasteiger charge is -2.17. The topological polar surface area (TPSA) is 52.6 Å². The van der Waals surface area contributed by atoms with E-state index < -0.39 is 0 Å². The van der Waals surface area contributed by atoms with Gasteiger partial charge in [-0.1, -0.05) is 34.1 Å². The Morgan fingerprint density at radius 2 is 2.25 bits per heavy atom. The molecule has 1 aliphatic rings. The highest BCUT2D eigenvalue weighted by atomic mass is 79.9. The third kappa shape index (κ3) is 4.21. The van der Waals surface area contributed by atoms with Gasteiger partial charge in [0.2, 0.25) is 0 Å². The van der Waals surface area contributed by atoms with Gasteiger partial charge in [0.1, 0.15) is 0 Å². The molecule has 2 amide bonds. The molecule has 0 aliphatic carbocycles. The molecule has 0 bridgehead atoms. The van der Waals surface area contributed by atoms with E-state index in [4.69, 9.17) is 5.11 Å². The first-order chi connectivity index (χ1) is 9.70. The Kier molecular flexibility index (Phi) is 5.86. The molecule has 20 heavy (non-hydrogen) atoms. The van der Waals surface area contributed by atoms with Crippen molar-refractivity contribution in [1.29, 1.82) is 0 Å². The summed E-state index contributed by atoms with van der Waals surface area (Å²) in [6.45, 7) is 2.41. The van der Waals surface area contributed by atoms with Crippen LogP contribution in [0.15, 0.2) is 28.7 Å². The van der Waals surface area contributed by atoms with Crippen LogP contribution in [0, 0.1) is 5.92 Å². The second kappa shape index (κ2) is 7.64. The van der Waals surface area contributed by atoms with Gasteiger partial charge in [0.15, 0.2) is 0 Å². The van der Waals surface area contributed by atoms with Crippen LogP contribution in [0.2, 0.25) is 0 Å². The van der Waals surface area contributed by atoms with Crippen LogP contribution in [0.4, 0.5) is 4.79 Å². The number of nitrogens with one attached hydrogen (secondary N) is 1. The minimum Gasteiger partial charge on any atom is -0.396 e. The van der Waals surface area contributed by atoms with Gasteiger partial charge >= 0.3 is 6.03 Å². The molecule has 0 radical (unpaired) electrons. The fourth-order valence-corrected chi connectivity index (χ4v) is 3.04. The van der Waals surface area contributed by atoms with E-state index >= 15 is 0 Å². The van der Waals surface area contributed by atoms with Crippen LogP contribution < -0.4 is 5.32 Å². The number of carbonyl (C=O) groups excluding carboxylic acids is 1. The smallest absolute Gasteiger partial charge is 0.317 e. The van der Waals surface area contributed by atoms with E-state index in [1.807, 2.05) is 23.1 Å². The fourth-order valence-electron chi connectivity index (χ4n) is 2.55. The number of likely N-dealkylation sites (tertiary alicyclic amines) is 1. The number of aliphatic hydroxyl groups is 1. The van der Waals surface area contributed by atoms with Gasteiger partial charge in [-0.2, -0.15) is 0 Å². The van der Waals surface area contributed by atoms with Gasteiger partial charge < -0.3 is 15.3 Å². The molecule has 1 aromatic rings. The number of rotatable bonds is 5. The molecule has 1 aromatic carbocycles. The Morgan fingerprint density at radius 3 is 3.00 bits per heavy atom. The molecule has 0 unspecified atom stereocenters. The van der Waals surface area contributed by atoms with Crippen molar-refractivity contribution in [3.8, 4) is 0 Å². The van der Waals surface area contributed by atoms with Crippen LogP contribution in [-0.2, 0) is 6.42 Å². The molecule has 1 heterocycles. The molecule has 4 nitrogen and oxygen atoms in total. The van der Waals surface area contributed by atoms with Gasteiger partial charge in [-0.3, -0.25) is 0 Å². The van der Waals surface area contributed by atoms with Gasteiger partial charge in [-0.15, -0.1) is 0 Å². The maximum Gasteiger partial charge on any atom is 0.317 e. The van der Waals surface area contributed by atoms with Crippen molar-refractivity contribution in [2.45, 2.75) is 19.3 Å². The summed E-state index contributed by atoms with van der Waals surface area (Å²) in [5.41, 5.74) is 1.20. The standard InChI is InChI=1S/C15H21BrN2O2/c16-14-4-2-1-3-13(14)5-8-17-15(20)18-9-6-12(11-18)7-10-19/h1-4,12,19H,5-11H2,(H,17,20)/t12-/m0/s1. The zero-order valence-corrected chi connectivity index (χ0v) is 13.1. The normalized spacial score (nSPS) is 18.3. The summed E-state index contributed by atoms with van der Waals surface area (Å²) in [6.07, 6.45) is 2.61. The van der Waals surface area contributed by atoms with Crippen molar-refractivity contribution in [2.24, 2.45) is 5.92 Å². The van der Waals surface area contributed by atoms with E-state index in [-0.39, 0.29) is 12.6 Å². The van der Waals surface area contributed by atoms with E-state index in [1.165, 1.54) is 5.56 Å². The fraction of sp³-hybridized carbons (Fsp3) is 0.533. The third-order valence-electron chi connectivity index (χ3n) is 3.74. The number of nitrogens with zero attached hydrogens (tertiary/aromatic N) is 1. The largest absolute Gasteiger partial charge is 0.396 e. The molecule has 110 valence electrons. The Morgan fingerprint density at radius 1 is 1.45 bits per heavy atom. The predicted octanol–water partition coefficient (Wildman–Crippen LogP) is 2.41. The van der Waals surface area contributed by atoms with Crippen LogP contribution in [0.25, 0.3) is 0 Å². The lowest BCUT2D eigenvalue weighted by atomic mass is 10.1. The summed E-state index contributed by atoms with van der Waals surface area (Å²) < 4.78 is 1.08. The third-order valence-corrected chi connectivity index (χ3v) is 4.51. The number of hydrogen-bond donors (Lipinski definition) is 2. The summed E-state index contributed by atoms with van der Waals surface area (Å²) in [7, 11) is 0. The predicted molar refractivity (Wildman–Crippen MR) is 82.6 cm³/mol. The van der Waals surface area contributed by atoms with Gasteiger partial charge in [0.25, 0.3) is 0 Å². The SMILES string of the molecule is O=C(NCCc1ccccc1Br)N1CC[C@@H](CCO)C1. The highest BCUT2D eigenvalue weighted by Gasteiger charge is 2.25. The number of halogens is 1. The summed E-state index contributed by atoms with van der Waals surface area (Å²) in [4.78, 5) is 13.9. The molecule has 0 spiro atoms. The lowest BCUT2D eigenvalue weighted by molar-refractivity contribution is 0.204. The van der Waals surface area contributed by atoms with Crippen molar-refractivity contribution in [2.75, 3.05) is 26.2 Å². The molecule has 5 heteroatoms. The molecule has 2 rings (SSSR count). The molecule has 2 N–H and O–H groups in total. The molecule has 1 saturated heterocycles. The van der Waals surface area contributed by atoms with E-state index in [0.29, 0.717) is 12.5 Å². The molecular formula is C15H21BrN2O2. The zero-order valence-electron chi connectivity index (χ0n) is 11.5. The maximum atomic E-state index is 12.0. The summed E-state index contributed by atoms with van der Waals surface area (Å²) in [5.74, 6) is 0.453. The van der Waals surface area contributed by atoms with Crippen LogP contribution >= 0.6 is 15.9 Å². The number of benzene rings is 1. The molecule has 0 saturated carbocycles. The van der Waals surface area contributed by atoms with Gasteiger partial charge in [0.05, 0.1) is 0 Å². The highest BCUT2D eigenvalue weighted by Crippen LogP contribution is 2.19. The van der Waals surface area contributed by atoms with Crippen LogP contribution in [0.5, 0.6) is 0 Å². The minimum atomic E-state index is 0.0116. The summed E-state index contributed by atoms with van der Waals surface area (Å²) in [6, 6.07) is 8.07. The second-order valence-corrected chi connectivity index (χ2v) is 6.04. The van der Waals surface area contributed by atoms with Crippen molar-refractivity contribution in [3.05, 3.63) is 34.3 Å². The first-order valence-corrected chi connectivity index (χ1v) is 7.87. The first-order valence-electron chi connectivity index (χ1n) is 7.07. The summed E-state index contributed by atoms with van der Waals surface area (Å²) in [5, 5.41) is 11.9. The van der Waals surface area contributed by atoms with Crippen molar-refractivity contribution >= 4 is 22.0 Å². The number of carbonyl (C=O) groups is 1. The number of amides is 2. The maximum absolute atomic E-state index is 12.0. The Bertz CT molecular complexity index is 453. The molecular weight excluding hydrogens is 320 g/mol. The monoisotopic (exact) mass is 340 g/mol. The minimum absolute atomic E-state index is 0.0116. The Balaban J connectivity index is 1.72. The van der Waals surface area contributed by atoms with Gasteiger partial charge in [-0.25, -0.2) is 4.79 Å². The van der Waals surface area contributed by atoms with Crippen molar-refractivity contribution in [1.82, 2.24) is 10.2 Å². The average molecular weight is 341 g/mol. The Hall–Kier alpha value is -1.07. The number of aliphatic hydroxyl groups excluding tert-OH is 1. The zero-order chi connectivity index (χ0) is 14.4. The van der Waals surface area contributed by atoms with Gasteiger partial charge in [0, 0.05) is 30.7 Å². The van der Waals surface area contributed by atoms with Crippen molar-refractivity contribution in [3.63, 3.8) is 0 Å². The van der Waals surface area contributed by atoms with Crippen LogP contribution in [0.1, 0.15) is 18.4 Å². The molecule has 1 fully saturated rings. The quantitative estimate of drug-likeness (QED) is 0.864. The van der Waals surface area contributed by atoms with E-state index in [0.717, 1.165) is 36.8 Å². The van der Waals surface area contributed by atoms with Crippen molar-refractivity contribution < 1.29 is 9.90 Å². The first kappa shape index (κ1) is 15.3. The Labute approximate surface area is 128 Å². The van der Waals surface area contributed by atoms with Crippen LogP contribution in [-0.4, -0.2) is 42.3 Å². The highest BCUT2D eigenvalue weighted by molar-refractivity contribution is 9.10. The summed E-state index contributed by atoms with van der Waals surface area (Å²) >= 11 is 3.51. The van der Waals surface area contributed by atoms with E-state index in [2.05, 4.69) is 27.3 Å². The van der Waals surface area contributed by atoms with Crippen LogP contribution in [0.3, 0.4) is 0 Å². The second-order valence-electron chi connectivity index (χ2n) is 5.19. The number of hydrogen-bond acceptors (Lipinski definition) is 2. The lowest BCUT2D eigenvalue weighted by Crippen LogP contribution is -2.39. The number of urea groups is 1. The van der Waals surface area contributed by atoms with Gasteiger partial charge in [-0.05, 0) is 36.8 Å². The molecule has 1 aliphatic heterocycles. The molecule has 1 atom stereocenters. The average Bonchev–Trinajstić information content (AvgIpc) is 2.90. The van der Waals surface area contributed by atoms with E-state index in [1.54, 1.807) is 0 Å². The molecule has 0 aromatic heterocycles. The van der Waals surface area contributed by atoms with E-state index in [9.17, 15) is 4.79 Å².